The fraction of sp³-hybridized carbons (Fsp3) is 0.917. The maximum absolute atomic E-state index is 12.1. The number of rotatable bonds is 13. The Labute approximate surface area is 130 Å². The molecule has 0 bridgehead atoms. The molecule has 0 saturated heterocycles. The van der Waals surface area contributed by atoms with Crippen LogP contribution in [0, 0.1) is 0 Å². The van der Waals surface area contributed by atoms with Gasteiger partial charge in [0.15, 0.2) is 0 Å². The molecule has 8 heteroatoms. The molecule has 0 aromatic rings. The molecule has 0 unspecified atom stereocenters. The molecule has 0 N–H and O–H groups in total. The molecular weight excluding hydrogens is 319 g/mol. The van der Waals surface area contributed by atoms with Gasteiger partial charge in [-0.3, -0.25) is 4.79 Å². The number of thioether (sulfide) groups is 1. The van der Waals surface area contributed by atoms with E-state index < -0.39 is 6.80 Å². The molecule has 5 nitrogen and oxygen atoms in total. The highest BCUT2D eigenvalue weighted by atomic mass is 32.7. The van der Waals surface area contributed by atoms with Crippen LogP contribution in [0.3, 0.4) is 0 Å². The number of carbonyl (C=O) groups is 1. The van der Waals surface area contributed by atoms with Gasteiger partial charge in [0.25, 0.3) is 0 Å². The molecule has 0 rings (SSSR count). The van der Waals surface area contributed by atoms with Crippen molar-refractivity contribution in [3.63, 3.8) is 0 Å². The lowest BCUT2D eigenvalue weighted by molar-refractivity contribution is -0.143. The zero-order valence-electron chi connectivity index (χ0n) is 12.5. The monoisotopic (exact) mass is 344 g/mol. The molecule has 0 radical (unpaired) electrons. The lowest BCUT2D eigenvalue weighted by Crippen LogP contribution is -2.07. The Hall–Kier alpha value is 0.320. The van der Waals surface area contributed by atoms with Gasteiger partial charge in [-0.15, -0.1) is 0 Å². The molecule has 0 aliphatic rings. The predicted octanol–water partition coefficient (Wildman–Crippen LogP) is 3.98. The van der Waals surface area contributed by atoms with Crippen LogP contribution in [-0.2, 0) is 23.1 Å². The van der Waals surface area contributed by atoms with Gasteiger partial charge in [-0.05, 0) is 43.2 Å². The molecule has 0 atom stereocenters. The van der Waals surface area contributed by atoms with E-state index in [1.807, 2.05) is 11.8 Å². The van der Waals surface area contributed by atoms with Crippen molar-refractivity contribution in [2.45, 2.75) is 33.6 Å². The summed E-state index contributed by atoms with van der Waals surface area (Å²) < 4.78 is 27.4. The van der Waals surface area contributed by atoms with Gasteiger partial charge in [0.2, 0.25) is 0 Å². The largest absolute Gasteiger partial charge is 0.466 e. The smallest absolute Gasteiger partial charge is 0.389 e. The molecule has 0 amide bonds. The van der Waals surface area contributed by atoms with Crippen molar-refractivity contribution < 1.29 is 23.1 Å². The Morgan fingerprint density at radius 3 is 2.30 bits per heavy atom. The third-order valence-corrected chi connectivity index (χ3v) is 7.00. The third-order valence-electron chi connectivity index (χ3n) is 2.03. The second kappa shape index (κ2) is 13.0. The van der Waals surface area contributed by atoms with E-state index in [0.717, 1.165) is 29.3 Å². The summed E-state index contributed by atoms with van der Waals surface area (Å²) in [5.74, 6) is 2.19. The molecule has 0 aliphatic heterocycles. The molecule has 0 fully saturated rings. The van der Waals surface area contributed by atoms with Gasteiger partial charge in [-0.2, -0.15) is 11.8 Å². The normalized spacial score (nSPS) is 11.6. The van der Waals surface area contributed by atoms with Crippen molar-refractivity contribution >= 4 is 35.9 Å². The van der Waals surface area contributed by atoms with Crippen LogP contribution >= 0.6 is 29.9 Å². The Morgan fingerprint density at radius 2 is 1.75 bits per heavy atom. The highest BCUT2D eigenvalue weighted by Gasteiger charge is 2.24. The Kier molecular flexibility index (Phi) is 13.2. The fourth-order valence-electron chi connectivity index (χ4n) is 1.23. The van der Waals surface area contributed by atoms with E-state index in [2.05, 4.69) is 6.92 Å². The lowest BCUT2D eigenvalue weighted by Gasteiger charge is -2.15. The van der Waals surface area contributed by atoms with Crippen LogP contribution in [0.2, 0.25) is 0 Å². The molecule has 0 aliphatic carbocycles. The van der Waals surface area contributed by atoms with Gasteiger partial charge >= 0.3 is 12.8 Å². The van der Waals surface area contributed by atoms with Crippen LogP contribution in [0.15, 0.2) is 0 Å². The van der Waals surface area contributed by atoms with Gasteiger partial charge in [0, 0.05) is 5.75 Å². The van der Waals surface area contributed by atoms with Crippen molar-refractivity contribution in [1.29, 1.82) is 0 Å². The minimum Gasteiger partial charge on any atom is -0.466 e. The van der Waals surface area contributed by atoms with E-state index >= 15 is 0 Å². The standard InChI is InChI=1S/C12H25O5PS2/c1-4-16-18(14,17-5-2)20-11-8-12(13)15-9-7-10-19-6-3/h4-11H2,1-3H3. The lowest BCUT2D eigenvalue weighted by atomic mass is 10.5. The van der Waals surface area contributed by atoms with Gasteiger partial charge in [0.05, 0.1) is 26.2 Å². The quantitative estimate of drug-likeness (QED) is 0.284. The minimum absolute atomic E-state index is 0.218. The Balaban J connectivity index is 3.75. The van der Waals surface area contributed by atoms with Crippen LogP contribution in [0.25, 0.3) is 0 Å². The molecule has 0 spiro atoms. The van der Waals surface area contributed by atoms with E-state index in [0.29, 0.717) is 25.6 Å². The van der Waals surface area contributed by atoms with E-state index in [-0.39, 0.29) is 12.4 Å². The first-order chi connectivity index (χ1) is 9.58. The van der Waals surface area contributed by atoms with Crippen LogP contribution in [0.1, 0.15) is 33.6 Å². The fourth-order valence-corrected chi connectivity index (χ4v) is 5.20. The van der Waals surface area contributed by atoms with E-state index in [1.165, 1.54) is 0 Å². The second-order valence-electron chi connectivity index (χ2n) is 3.64. The zero-order chi connectivity index (χ0) is 15.3. The Bertz CT molecular complexity index is 292. The first kappa shape index (κ1) is 20.3. The summed E-state index contributed by atoms with van der Waals surface area (Å²) in [5.41, 5.74) is 0. The topological polar surface area (TPSA) is 61.8 Å². The second-order valence-corrected chi connectivity index (χ2v) is 9.22. The first-order valence-corrected chi connectivity index (χ1v) is 11.1. The third kappa shape index (κ3) is 11.0. The molecule has 20 heavy (non-hydrogen) atoms. The van der Waals surface area contributed by atoms with Crippen molar-refractivity contribution in [3.05, 3.63) is 0 Å². The summed E-state index contributed by atoms with van der Waals surface area (Å²) in [6.07, 6.45) is 1.09. The molecular formula is C12H25O5PS2. The molecule has 0 aromatic carbocycles. The van der Waals surface area contributed by atoms with Gasteiger partial charge in [-0.1, -0.05) is 6.92 Å². The number of carbonyl (C=O) groups excluding carboxylic acids is 1. The van der Waals surface area contributed by atoms with Crippen molar-refractivity contribution in [2.24, 2.45) is 0 Å². The number of esters is 1. The maximum Gasteiger partial charge on any atom is 0.389 e. The number of ether oxygens (including phenoxy) is 1. The summed E-state index contributed by atoms with van der Waals surface area (Å²) in [4.78, 5) is 11.5. The molecule has 0 aromatic heterocycles. The van der Waals surface area contributed by atoms with Gasteiger partial charge in [0.1, 0.15) is 0 Å². The highest BCUT2D eigenvalue weighted by molar-refractivity contribution is 8.55. The van der Waals surface area contributed by atoms with Gasteiger partial charge < -0.3 is 13.8 Å². The van der Waals surface area contributed by atoms with Crippen molar-refractivity contribution in [3.8, 4) is 0 Å². The zero-order valence-corrected chi connectivity index (χ0v) is 15.0. The molecule has 0 heterocycles. The average Bonchev–Trinajstić information content (AvgIpc) is 2.39. The maximum atomic E-state index is 12.1. The summed E-state index contributed by atoms with van der Waals surface area (Å²) >= 11 is 2.88. The van der Waals surface area contributed by atoms with Crippen molar-refractivity contribution in [2.75, 3.05) is 37.1 Å². The van der Waals surface area contributed by atoms with E-state index in [1.54, 1.807) is 13.8 Å². The minimum atomic E-state index is -3.11. The van der Waals surface area contributed by atoms with E-state index in [9.17, 15) is 9.36 Å². The summed E-state index contributed by atoms with van der Waals surface area (Å²) in [6, 6.07) is 0. The predicted molar refractivity (Wildman–Crippen MR) is 86.5 cm³/mol. The summed E-state index contributed by atoms with van der Waals surface area (Å²) in [7, 11) is 0. The van der Waals surface area contributed by atoms with Crippen molar-refractivity contribution in [1.82, 2.24) is 0 Å². The number of hydrogen-bond donors (Lipinski definition) is 0. The highest BCUT2D eigenvalue weighted by Crippen LogP contribution is 2.60. The summed E-state index contributed by atoms with van der Waals surface area (Å²) in [5, 5.41) is 0. The Morgan fingerprint density at radius 1 is 1.10 bits per heavy atom. The average molecular weight is 344 g/mol. The number of hydrogen-bond acceptors (Lipinski definition) is 7. The van der Waals surface area contributed by atoms with Crippen LogP contribution in [0.4, 0.5) is 0 Å². The molecule has 120 valence electrons. The molecule has 0 saturated carbocycles. The van der Waals surface area contributed by atoms with E-state index in [4.69, 9.17) is 13.8 Å². The van der Waals surface area contributed by atoms with Crippen LogP contribution in [-0.4, -0.2) is 43.0 Å². The van der Waals surface area contributed by atoms with Gasteiger partial charge in [-0.25, -0.2) is 4.57 Å². The first-order valence-electron chi connectivity index (χ1n) is 6.85. The summed E-state index contributed by atoms with van der Waals surface area (Å²) in [6.45, 7) is 3.60. The van der Waals surface area contributed by atoms with Crippen LogP contribution in [0.5, 0.6) is 0 Å². The van der Waals surface area contributed by atoms with Crippen LogP contribution < -0.4 is 0 Å². The SMILES string of the molecule is CCOP(=O)(OCC)SCCC(=O)OCCCSCC.